The van der Waals surface area contributed by atoms with Crippen molar-refractivity contribution in [3.63, 3.8) is 0 Å². The summed E-state index contributed by atoms with van der Waals surface area (Å²) in [5.41, 5.74) is 2.16. The normalized spacial score (nSPS) is 11.9. The SMILES string of the molecule is CC(=O)C(NC(=O)OCc1ccccc1)n1nnc2ccccc21. The summed E-state index contributed by atoms with van der Waals surface area (Å²) in [6, 6.07) is 16.5. The van der Waals surface area contributed by atoms with Gasteiger partial charge < -0.3 is 4.74 Å². The summed E-state index contributed by atoms with van der Waals surface area (Å²) in [6.45, 7) is 1.49. The van der Waals surface area contributed by atoms with Crippen LogP contribution in [0.1, 0.15) is 18.7 Å². The van der Waals surface area contributed by atoms with Crippen LogP contribution in [0, 0.1) is 0 Å². The van der Waals surface area contributed by atoms with Crippen LogP contribution in [0.4, 0.5) is 4.79 Å². The van der Waals surface area contributed by atoms with E-state index in [2.05, 4.69) is 15.6 Å². The number of alkyl carbamates (subject to hydrolysis) is 1. The van der Waals surface area contributed by atoms with Crippen LogP contribution in [0.25, 0.3) is 11.0 Å². The highest BCUT2D eigenvalue weighted by atomic mass is 16.5. The zero-order chi connectivity index (χ0) is 16.9. The Morgan fingerprint density at radius 2 is 1.83 bits per heavy atom. The summed E-state index contributed by atoms with van der Waals surface area (Å²) < 4.78 is 6.53. The highest BCUT2D eigenvalue weighted by Gasteiger charge is 2.22. The number of hydrogen-bond donors (Lipinski definition) is 1. The van der Waals surface area contributed by atoms with Crippen molar-refractivity contribution in [1.82, 2.24) is 20.3 Å². The van der Waals surface area contributed by atoms with Crippen LogP contribution in [0.15, 0.2) is 54.6 Å². The van der Waals surface area contributed by atoms with Gasteiger partial charge in [0.2, 0.25) is 0 Å². The largest absolute Gasteiger partial charge is 0.445 e. The van der Waals surface area contributed by atoms with Gasteiger partial charge in [-0.05, 0) is 24.6 Å². The average molecular weight is 324 g/mol. The number of para-hydroxylation sites is 1. The van der Waals surface area contributed by atoms with Crippen molar-refractivity contribution in [2.75, 3.05) is 0 Å². The van der Waals surface area contributed by atoms with Gasteiger partial charge in [-0.25, -0.2) is 9.48 Å². The quantitative estimate of drug-likeness (QED) is 0.779. The van der Waals surface area contributed by atoms with Crippen LogP contribution >= 0.6 is 0 Å². The maximum absolute atomic E-state index is 12.0. The molecule has 0 aliphatic heterocycles. The number of nitrogens with one attached hydrogen (secondary N) is 1. The molecule has 24 heavy (non-hydrogen) atoms. The number of ether oxygens (including phenoxy) is 1. The molecule has 1 heterocycles. The minimum Gasteiger partial charge on any atom is -0.445 e. The summed E-state index contributed by atoms with van der Waals surface area (Å²) in [6.07, 6.45) is -1.67. The second kappa shape index (κ2) is 6.91. The third kappa shape index (κ3) is 3.40. The fourth-order valence-corrected chi connectivity index (χ4v) is 2.29. The molecule has 1 N–H and O–H groups in total. The van der Waals surface area contributed by atoms with Crippen LogP contribution in [0.3, 0.4) is 0 Å². The minimum atomic E-state index is -0.972. The van der Waals surface area contributed by atoms with E-state index < -0.39 is 12.3 Å². The van der Waals surface area contributed by atoms with Gasteiger partial charge in [0.25, 0.3) is 0 Å². The summed E-state index contributed by atoms with van der Waals surface area (Å²) in [7, 11) is 0. The molecule has 0 aliphatic carbocycles. The summed E-state index contributed by atoms with van der Waals surface area (Å²) in [5.74, 6) is -0.276. The molecule has 7 heteroatoms. The molecule has 3 aromatic rings. The number of carbonyl (C=O) groups is 2. The van der Waals surface area contributed by atoms with E-state index in [1.807, 2.05) is 42.5 Å². The number of aromatic nitrogens is 3. The third-order valence-electron chi connectivity index (χ3n) is 3.47. The molecule has 0 bridgehead atoms. The second-order valence-corrected chi connectivity index (χ2v) is 5.24. The Morgan fingerprint density at radius 3 is 2.58 bits per heavy atom. The maximum Gasteiger partial charge on any atom is 0.409 e. The van der Waals surface area contributed by atoms with Crippen LogP contribution in [0.2, 0.25) is 0 Å². The zero-order valence-electron chi connectivity index (χ0n) is 13.0. The first-order valence-electron chi connectivity index (χ1n) is 7.43. The maximum atomic E-state index is 12.0. The first-order chi connectivity index (χ1) is 11.6. The van der Waals surface area contributed by atoms with E-state index in [0.29, 0.717) is 11.0 Å². The van der Waals surface area contributed by atoms with Crippen molar-refractivity contribution in [3.8, 4) is 0 Å². The molecule has 1 amide bonds. The van der Waals surface area contributed by atoms with Crippen molar-refractivity contribution < 1.29 is 14.3 Å². The van der Waals surface area contributed by atoms with Crippen molar-refractivity contribution in [1.29, 1.82) is 0 Å². The molecule has 0 fully saturated rings. The molecule has 0 saturated heterocycles. The van der Waals surface area contributed by atoms with Gasteiger partial charge in [-0.3, -0.25) is 10.1 Å². The van der Waals surface area contributed by atoms with E-state index in [0.717, 1.165) is 5.56 Å². The number of rotatable bonds is 5. The van der Waals surface area contributed by atoms with Crippen molar-refractivity contribution in [2.24, 2.45) is 0 Å². The molecule has 7 nitrogen and oxygen atoms in total. The number of benzene rings is 2. The fourth-order valence-electron chi connectivity index (χ4n) is 2.29. The first-order valence-corrected chi connectivity index (χ1v) is 7.43. The summed E-state index contributed by atoms with van der Waals surface area (Å²) in [4.78, 5) is 24.0. The predicted molar refractivity (Wildman–Crippen MR) is 87.0 cm³/mol. The Kier molecular flexibility index (Phi) is 4.51. The van der Waals surface area contributed by atoms with Gasteiger partial charge in [0.05, 0.1) is 5.52 Å². The van der Waals surface area contributed by atoms with Gasteiger partial charge in [0, 0.05) is 0 Å². The molecule has 1 unspecified atom stereocenters. The lowest BCUT2D eigenvalue weighted by molar-refractivity contribution is -0.121. The predicted octanol–water partition coefficient (Wildman–Crippen LogP) is 2.45. The molecule has 0 spiro atoms. The fraction of sp³-hybridized carbons (Fsp3) is 0.176. The molecule has 0 saturated carbocycles. The second-order valence-electron chi connectivity index (χ2n) is 5.24. The monoisotopic (exact) mass is 324 g/mol. The number of amides is 1. The van der Waals surface area contributed by atoms with Crippen molar-refractivity contribution in [2.45, 2.75) is 19.7 Å². The van der Waals surface area contributed by atoms with Crippen molar-refractivity contribution >= 4 is 22.9 Å². The Balaban J connectivity index is 1.72. The van der Waals surface area contributed by atoms with E-state index in [1.54, 1.807) is 12.1 Å². The first kappa shape index (κ1) is 15.7. The highest BCUT2D eigenvalue weighted by molar-refractivity contribution is 5.85. The Morgan fingerprint density at radius 1 is 1.12 bits per heavy atom. The standard InChI is InChI=1S/C17H16N4O3/c1-12(22)16(21-15-10-6-5-9-14(15)19-20-21)18-17(23)24-11-13-7-3-2-4-8-13/h2-10,16H,11H2,1H3,(H,18,23). The molecule has 0 radical (unpaired) electrons. The van der Waals surface area contributed by atoms with E-state index in [9.17, 15) is 9.59 Å². The molecule has 2 aromatic carbocycles. The van der Waals surface area contributed by atoms with Crippen LogP contribution in [-0.2, 0) is 16.1 Å². The van der Waals surface area contributed by atoms with Gasteiger partial charge in [0.1, 0.15) is 12.1 Å². The third-order valence-corrected chi connectivity index (χ3v) is 3.47. The summed E-state index contributed by atoms with van der Waals surface area (Å²) in [5, 5.41) is 10.5. The molecule has 1 atom stereocenters. The van der Waals surface area contributed by atoms with E-state index in [1.165, 1.54) is 11.6 Å². The topological polar surface area (TPSA) is 86.1 Å². The minimum absolute atomic E-state index is 0.120. The number of fused-ring (bicyclic) bond motifs is 1. The van der Waals surface area contributed by atoms with E-state index >= 15 is 0 Å². The van der Waals surface area contributed by atoms with E-state index in [4.69, 9.17) is 4.74 Å². The molecule has 0 aliphatic rings. The summed E-state index contributed by atoms with van der Waals surface area (Å²) >= 11 is 0. The molecular weight excluding hydrogens is 308 g/mol. The lowest BCUT2D eigenvalue weighted by Crippen LogP contribution is -2.37. The van der Waals surface area contributed by atoms with Crippen LogP contribution in [-0.4, -0.2) is 26.9 Å². The Hall–Kier alpha value is -3.22. The highest BCUT2D eigenvalue weighted by Crippen LogP contribution is 2.15. The van der Waals surface area contributed by atoms with Gasteiger partial charge in [-0.15, -0.1) is 5.10 Å². The van der Waals surface area contributed by atoms with Gasteiger partial charge in [-0.1, -0.05) is 47.7 Å². The smallest absolute Gasteiger partial charge is 0.409 e. The van der Waals surface area contributed by atoms with E-state index in [-0.39, 0.29) is 12.4 Å². The number of ketones is 1. The van der Waals surface area contributed by atoms with Crippen LogP contribution < -0.4 is 5.32 Å². The van der Waals surface area contributed by atoms with Gasteiger partial charge >= 0.3 is 6.09 Å². The zero-order valence-corrected chi connectivity index (χ0v) is 13.0. The van der Waals surface area contributed by atoms with Crippen molar-refractivity contribution in [3.05, 3.63) is 60.2 Å². The number of carbonyl (C=O) groups excluding carboxylic acids is 2. The molecule has 122 valence electrons. The molecule has 3 rings (SSSR count). The van der Waals surface area contributed by atoms with Crippen LogP contribution in [0.5, 0.6) is 0 Å². The Bertz CT molecular complexity index is 860. The number of hydrogen-bond acceptors (Lipinski definition) is 5. The molecule has 1 aromatic heterocycles. The number of Topliss-reactive ketones (excluding diaryl/α,β-unsaturated/α-hetero) is 1. The Labute approximate surface area is 138 Å². The van der Waals surface area contributed by atoms with Gasteiger partial charge in [-0.2, -0.15) is 0 Å². The lowest BCUT2D eigenvalue weighted by atomic mass is 10.2. The molecular formula is C17H16N4O3. The average Bonchev–Trinajstić information content (AvgIpc) is 3.02. The lowest BCUT2D eigenvalue weighted by Gasteiger charge is -2.16. The number of nitrogens with zero attached hydrogens (tertiary/aromatic N) is 3. The van der Waals surface area contributed by atoms with Gasteiger partial charge in [0.15, 0.2) is 11.9 Å².